The minimum Gasteiger partial charge on any atom is -0.480 e. The molecule has 8 N–H and O–H groups in total. The molecule has 0 saturated carbocycles. The van der Waals surface area contributed by atoms with Crippen molar-refractivity contribution in [1.29, 1.82) is 0 Å². The van der Waals surface area contributed by atoms with Crippen LogP contribution >= 0.6 is 0 Å². The van der Waals surface area contributed by atoms with E-state index in [9.17, 15) is 29.1 Å². The van der Waals surface area contributed by atoms with Crippen LogP contribution in [0.4, 0.5) is 9.59 Å². The zero-order chi connectivity index (χ0) is 34.0. The SMILES string of the molecule is CC(C)[C@H](NC(=O)C(CCCCNC(=O)OCc1ccccc1)NC(=O)N[C@@H](CCCCN)C(=O)O)C(=O)N[C@H](C)C(C)(C)C. The molecule has 0 saturated heterocycles. The Morgan fingerprint density at radius 3 is 2.00 bits per heavy atom. The molecule has 0 spiro atoms. The van der Waals surface area contributed by atoms with Gasteiger partial charge in [0.25, 0.3) is 0 Å². The predicted molar refractivity (Wildman–Crippen MR) is 172 cm³/mol. The maximum absolute atomic E-state index is 13.4. The lowest BCUT2D eigenvalue weighted by atomic mass is 9.87. The minimum absolute atomic E-state index is 0.136. The summed E-state index contributed by atoms with van der Waals surface area (Å²) in [6.07, 6.45) is 1.81. The highest BCUT2D eigenvalue weighted by Crippen LogP contribution is 2.19. The number of amides is 5. The van der Waals surface area contributed by atoms with Gasteiger partial charge in [0, 0.05) is 12.6 Å². The van der Waals surface area contributed by atoms with Crippen molar-refractivity contribution >= 4 is 29.9 Å². The molecule has 0 aliphatic carbocycles. The van der Waals surface area contributed by atoms with Crippen molar-refractivity contribution in [2.45, 2.75) is 111 Å². The molecule has 45 heavy (non-hydrogen) atoms. The average molecular weight is 635 g/mol. The first kappa shape index (κ1) is 39.2. The van der Waals surface area contributed by atoms with Crippen molar-refractivity contribution in [2.24, 2.45) is 17.1 Å². The zero-order valence-electron chi connectivity index (χ0n) is 27.6. The van der Waals surface area contributed by atoms with Gasteiger partial charge in [-0.15, -0.1) is 0 Å². The molecule has 0 aromatic heterocycles. The molecule has 254 valence electrons. The van der Waals surface area contributed by atoms with Crippen molar-refractivity contribution in [1.82, 2.24) is 26.6 Å². The van der Waals surface area contributed by atoms with Crippen LogP contribution in [0.25, 0.3) is 0 Å². The number of carboxylic acids is 1. The number of nitrogens with one attached hydrogen (secondary N) is 5. The van der Waals surface area contributed by atoms with Gasteiger partial charge in [0.15, 0.2) is 0 Å². The number of carbonyl (C=O) groups is 5. The van der Waals surface area contributed by atoms with Gasteiger partial charge in [-0.2, -0.15) is 0 Å². The Morgan fingerprint density at radius 1 is 0.822 bits per heavy atom. The first-order valence-corrected chi connectivity index (χ1v) is 15.7. The molecule has 0 radical (unpaired) electrons. The third kappa shape index (κ3) is 16.1. The van der Waals surface area contributed by atoms with Gasteiger partial charge in [0.2, 0.25) is 11.8 Å². The van der Waals surface area contributed by atoms with Crippen molar-refractivity contribution in [2.75, 3.05) is 13.1 Å². The number of aliphatic carboxylic acids is 1. The van der Waals surface area contributed by atoms with Crippen LogP contribution in [0.2, 0.25) is 0 Å². The number of ether oxygens (including phenoxy) is 1. The van der Waals surface area contributed by atoms with Crippen LogP contribution in [0.15, 0.2) is 30.3 Å². The molecule has 0 bridgehead atoms. The van der Waals surface area contributed by atoms with Crippen LogP contribution in [0.5, 0.6) is 0 Å². The summed E-state index contributed by atoms with van der Waals surface area (Å²) in [5.41, 5.74) is 6.15. The van der Waals surface area contributed by atoms with E-state index in [1.54, 1.807) is 0 Å². The normalized spacial score (nSPS) is 14.0. The smallest absolute Gasteiger partial charge is 0.407 e. The van der Waals surface area contributed by atoms with E-state index in [0.29, 0.717) is 32.2 Å². The van der Waals surface area contributed by atoms with E-state index in [4.69, 9.17) is 10.5 Å². The third-order valence-corrected chi connectivity index (χ3v) is 7.48. The number of carbonyl (C=O) groups excluding carboxylic acids is 4. The van der Waals surface area contributed by atoms with Gasteiger partial charge in [-0.05, 0) is 68.9 Å². The van der Waals surface area contributed by atoms with E-state index in [1.165, 1.54) is 0 Å². The molecule has 13 heteroatoms. The Bertz CT molecular complexity index is 1080. The zero-order valence-corrected chi connectivity index (χ0v) is 27.6. The highest BCUT2D eigenvalue weighted by molar-refractivity contribution is 5.92. The molecule has 5 amide bonds. The molecule has 13 nitrogen and oxygen atoms in total. The van der Waals surface area contributed by atoms with Crippen LogP contribution < -0.4 is 32.3 Å². The van der Waals surface area contributed by atoms with Crippen LogP contribution in [-0.4, -0.2) is 72.3 Å². The largest absolute Gasteiger partial charge is 0.480 e. The molecule has 0 aliphatic rings. The molecule has 4 atom stereocenters. The van der Waals surface area contributed by atoms with Gasteiger partial charge in [-0.25, -0.2) is 14.4 Å². The fourth-order valence-electron chi connectivity index (χ4n) is 4.12. The molecule has 1 aromatic carbocycles. The second kappa shape index (κ2) is 20.2. The third-order valence-electron chi connectivity index (χ3n) is 7.48. The summed E-state index contributed by atoms with van der Waals surface area (Å²) in [5.74, 6) is -2.36. The first-order chi connectivity index (χ1) is 21.1. The van der Waals surface area contributed by atoms with Crippen molar-refractivity contribution in [3.63, 3.8) is 0 Å². The van der Waals surface area contributed by atoms with E-state index >= 15 is 0 Å². The van der Waals surface area contributed by atoms with Crippen LogP contribution in [-0.2, 0) is 25.7 Å². The standard InChI is InChI=1S/C32H54N6O7/c1-21(2)26(28(40)35-22(3)32(4,5)6)38-27(39)24(36-30(43)37-25(29(41)42)17-10-12-18-33)16-11-13-19-34-31(44)45-20-23-14-8-7-9-15-23/h7-9,14-15,21-22,24-26H,10-13,16-20,33H2,1-6H3,(H,34,44)(H,35,40)(H,38,39)(H,41,42)(H2,36,37,43)/t22-,24?,25+,26+/m1/s1. The van der Waals surface area contributed by atoms with Gasteiger partial charge in [0.05, 0.1) is 0 Å². The van der Waals surface area contributed by atoms with Crippen LogP contribution in [0, 0.1) is 11.3 Å². The number of hydrogen-bond donors (Lipinski definition) is 7. The summed E-state index contributed by atoms with van der Waals surface area (Å²) in [4.78, 5) is 63.1. The van der Waals surface area contributed by atoms with Gasteiger partial charge in [0.1, 0.15) is 24.7 Å². The Kier molecular flexibility index (Phi) is 17.6. The van der Waals surface area contributed by atoms with Gasteiger partial charge >= 0.3 is 18.1 Å². The summed E-state index contributed by atoms with van der Waals surface area (Å²) in [6, 6.07) is 5.20. The summed E-state index contributed by atoms with van der Waals surface area (Å²) in [7, 11) is 0. The topological polar surface area (TPSA) is 201 Å². The highest BCUT2D eigenvalue weighted by atomic mass is 16.5. The fourth-order valence-corrected chi connectivity index (χ4v) is 4.12. The van der Waals surface area contributed by atoms with Crippen molar-refractivity contribution < 1.29 is 33.8 Å². The molecule has 1 aromatic rings. The quantitative estimate of drug-likeness (QED) is 0.113. The lowest BCUT2D eigenvalue weighted by Gasteiger charge is -2.31. The predicted octanol–water partition coefficient (Wildman–Crippen LogP) is 3.02. The van der Waals surface area contributed by atoms with E-state index in [2.05, 4.69) is 26.6 Å². The summed E-state index contributed by atoms with van der Waals surface area (Å²) >= 11 is 0. The highest BCUT2D eigenvalue weighted by Gasteiger charge is 2.31. The van der Waals surface area contributed by atoms with Crippen molar-refractivity contribution in [3.05, 3.63) is 35.9 Å². The monoisotopic (exact) mass is 634 g/mol. The summed E-state index contributed by atoms with van der Waals surface area (Å²) in [6.45, 7) is 12.3. The molecular formula is C32H54N6O7. The van der Waals surface area contributed by atoms with Crippen molar-refractivity contribution in [3.8, 4) is 0 Å². The van der Waals surface area contributed by atoms with E-state index in [-0.39, 0.29) is 49.3 Å². The first-order valence-electron chi connectivity index (χ1n) is 15.7. The molecule has 0 heterocycles. The lowest BCUT2D eigenvalue weighted by Crippen LogP contribution is -2.58. The number of nitrogens with two attached hydrogens (primary N) is 1. The van der Waals surface area contributed by atoms with E-state index in [0.717, 1.165) is 5.56 Å². The number of hydrogen-bond acceptors (Lipinski definition) is 7. The molecule has 1 rings (SSSR count). The molecule has 0 aliphatic heterocycles. The van der Waals surface area contributed by atoms with Gasteiger partial charge in [-0.3, -0.25) is 9.59 Å². The number of carboxylic acid groups (broad SMARTS) is 1. The maximum Gasteiger partial charge on any atom is 0.407 e. The Labute approximate surface area is 267 Å². The van der Waals surface area contributed by atoms with Crippen LogP contribution in [0.1, 0.15) is 85.6 Å². The second-order valence-corrected chi connectivity index (χ2v) is 12.7. The van der Waals surface area contributed by atoms with Gasteiger partial charge in [-0.1, -0.05) is 65.0 Å². The van der Waals surface area contributed by atoms with Gasteiger partial charge < -0.3 is 42.2 Å². The van der Waals surface area contributed by atoms with Crippen LogP contribution in [0.3, 0.4) is 0 Å². The average Bonchev–Trinajstić information content (AvgIpc) is 2.97. The Hall–Kier alpha value is -3.87. The number of urea groups is 1. The fraction of sp³-hybridized carbons (Fsp3) is 0.656. The molecular weight excluding hydrogens is 580 g/mol. The second-order valence-electron chi connectivity index (χ2n) is 12.7. The summed E-state index contributed by atoms with van der Waals surface area (Å²) < 4.78 is 5.20. The van der Waals surface area contributed by atoms with E-state index < -0.39 is 42.1 Å². The lowest BCUT2D eigenvalue weighted by molar-refractivity contribution is -0.139. The Balaban J connectivity index is 2.86. The number of benzene rings is 1. The van der Waals surface area contributed by atoms with E-state index in [1.807, 2.05) is 71.9 Å². The summed E-state index contributed by atoms with van der Waals surface area (Å²) in [5, 5.41) is 22.9. The molecule has 0 fully saturated rings. The molecule has 1 unspecified atom stereocenters. The Morgan fingerprint density at radius 2 is 1.42 bits per heavy atom. The minimum atomic E-state index is -1.20. The number of alkyl carbamates (subject to hydrolysis) is 1. The number of unbranched alkanes of at least 4 members (excludes halogenated alkanes) is 2. The number of rotatable bonds is 19. The maximum atomic E-state index is 13.4.